The van der Waals surface area contributed by atoms with E-state index in [1.807, 2.05) is 91.9 Å². The lowest BCUT2D eigenvalue weighted by Crippen LogP contribution is -2.37. The van der Waals surface area contributed by atoms with Crippen LogP contribution in [0.1, 0.15) is 29.5 Å². The molecule has 0 saturated heterocycles. The van der Waals surface area contributed by atoms with Crippen molar-refractivity contribution in [2.24, 2.45) is 5.10 Å². The lowest BCUT2D eigenvalue weighted by atomic mass is 9.90. The van der Waals surface area contributed by atoms with E-state index >= 15 is 0 Å². The summed E-state index contributed by atoms with van der Waals surface area (Å²) >= 11 is 0. The first-order valence-electron chi connectivity index (χ1n) is 10.1. The summed E-state index contributed by atoms with van der Waals surface area (Å²) in [6, 6.07) is 26.3. The van der Waals surface area contributed by atoms with Crippen molar-refractivity contribution in [3.05, 3.63) is 102 Å². The van der Waals surface area contributed by atoms with E-state index in [0.29, 0.717) is 6.61 Å². The molecular weight excluding hydrogens is 390 g/mol. The van der Waals surface area contributed by atoms with Crippen LogP contribution in [0, 0.1) is 0 Å². The van der Waals surface area contributed by atoms with Crippen molar-refractivity contribution in [3.63, 3.8) is 0 Å². The van der Waals surface area contributed by atoms with E-state index in [0.717, 1.165) is 22.4 Å². The molecule has 0 saturated carbocycles. The number of carbonyl (C=O) groups excluding carboxylic acids is 2. The van der Waals surface area contributed by atoms with Crippen molar-refractivity contribution >= 4 is 18.0 Å². The lowest BCUT2D eigenvalue weighted by Gasteiger charge is -2.17. The second-order valence-corrected chi connectivity index (χ2v) is 6.77. The maximum atomic E-state index is 12.9. The number of nitrogens with zero attached hydrogens (tertiary/aromatic N) is 1. The molecule has 0 fully saturated rings. The van der Waals surface area contributed by atoms with Crippen molar-refractivity contribution < 1.29 is 14.3 Å². The van der Waals surface area contributed by atoms with Gasteiger partial charge in [-0.1, -0.05) is 60.7 Å². The molecule has 0 aliphatic carbocycles. The maximum Gasteiger partial charge on any atom is 0.259 e. The van der Waals surface area contributed by atoms with Gasteiger partial charge in [-0.3, -0.25) is 9.59 Å². The molecule has 0 bridgehead atoms. The fourth-order valence-electron chi connectivity index (χ4n) is 3.09. The third-order valence-corrected chi connectivity index (χ3v) is 4.55. The van der Waals surface area contributed by atoms with Crippen LogP contribution in [0.25, 0.3) is 0 Å². The van der Waals surface area contributed by atoms with Gasteiger partial charge in [-0.25, -0.2) is 5.43 Å². The Kier molecular flexibility index (Phi) is 7.94. The Bertz CT molecular complexity index is 964. The molecule has 158 valence electrons. The van der Waals surface area contributed by atoms with Crippen molar-refractivity contribution in [1.29, 1.82) is 0 Å². The Hall–Kier alpha value is -3.93. The SMILES string of the molecule is CCOc1ccc(C=NNC(=O)CNC(=O)C(c2ccccc2)c2ccccc2)cc1. The van der Waals surface area contributed by atoms with Crippen LogP contribution in [0.2, 0.25) is 0 Å². The molecule has 6 nitrogen and oxygen atoms in total. The zero-order chi connectivity index (χ0) is 21.9. The molecule has 0 heterocycles. The Morgan fingerprint density at radius 2 is 1.48 bits per heavy atom. The molecule has 0 aliphatic heterocycles. The van der Waals surface area contributed by atoms with Gasteiger partial charge in [-0.15, -0.1) is 0 Å². The van der Waals surface area contributed by atoms with Gasteiger partial charge in [-0.2, -0.15) is 5.10 Å². The number of hydrazone groups is 1. The highest BCUT2D eigenvalue weighted by Gasteiger charge is 2.22. The first-order chi connectivity index (χ1) is 15.2. The van der Waals surface area contributed by atoms with Crippen molar-refractivity contribution in [2.45, 2.75) is 12.8 Å². The van der Waals surface area contributed by atoms with Crippen molar-refractivity contribution in [2.75, 3.05) is 13.2 Å². The number of ether oxygens (including phenoxy) is 1. The predicted octanol–water partition coefficient (Wildman–Crippen LogP) is 3.48. The van der Waals surface area contributed by atoms with E-state index in [-0.39, 0.29) is 12.5 Å². The normalized spacial score (nSPS) is 10.8. The largest absolute Gasteiger partial charge is 0.494 e. The first kappa shape index (κ1) is 21.8. The number of amides is 2. The zero-order valence-corrected chi connectivity index (χ0v) is 17.3. The molecule has 0 atom stereocenters. The van der Waals surface area contributed by atoms with Gasteiger partial charge in [0.15, 0.2) is 0 Å². The van der Waals surface area contributed by atoms with Crippen LogP contribution in [-0.4, -0.2) is 31.2 Å². The van der Waals surface area contributed by atoms with Crippen LogP contribution in [0.15, 0.2) is 90.0 Å². The van der Waals surface area contributed by atoms with E-state index in [4.69, 9.17) is 4.74 Å². The molecule has 0 aliphatic rings. The van der Waals surface area contributed by atoms with Gasteiger partial charge in [0.05, 0.1) is 25.3 Å². The summed E-state index contributed by atoms with van der Waals surface area (Å²) in [5, 5.41) is 6.65. The molecule has 0 unspecified atom stereocenters. The van der Waals surface area contributed by atoms with Crippen molar-refractivity contribution in [1.82, 2.24) is 10.7 Å². The molecule has 3 rings (SSSR count). The molecule has 3 aromatic carbocycles. The Labute approximate surface area is 182 Å². The van der Waals surface area contributed by atoms with Crippen LogP contribution in [0.5, 0.6) is 5.75 Å². The van der Waals surface area contributed by atoms with Crippen LogP contribution in [0.3, 0.4) is 0 Å². The highest BCUT2D eigenvalue weighted by Crippen LogP contribution is 2.24. The smallest absolute Gasteiger partial charge is 0.259 e. The molecule has 0 radical (unpaired) electrons. The fourth-order valence-corrected chi connectivity index (χ4v) is 3.09. The Balaban J connectivity index is 1.56. The topological polar surface area (TPSA) is 79.8 Å². The molecule has 0 spiro atoms. The summed E-state index contributed by atoms with van der Waals surface area (Å²) < 4.78 is 5.39. The first-order valence-corrected chi connectivity index (χ1v) is 10.1. The minimum absolute atomic E-state index is 0.171. The summed E-state index contributed by atoms with van der Waals surface area (Å²) in [4.78, 5) is 25.0. The maximum absolute atomic E-state index is 12.9. The number of benzene rings is 3. The fraction of sp³-hybridized carbons (Fsp3) is 0.160. The highest BCUT2D eigenvalue weighted by molar-refractivity contribution is 5.91. The molecule has 0 aromatic heterocycles. The molecular formula is C25H25N3O3. The number of carbonyl (C=O) groups is 2. The van der Waals surface area contributed by atoms with Crippen LogP contribution < -0.4 is 15.5 Å². The third kappa shape index (κ3) is 6.54. The van der Waals surface area contributed by atoms with Gasteiger partial charge in [0, 0.05) is 0 Å². The van der Waals surface area contributed by atoms with Crippen LogP contribution in [0.4, 0.5) is 0 Å². The summed E-state index contributed by atoms with van der Waals surface area (Å²) in [6.45, 7) is 2.35. The second-order valence-electron chi connectivity index (χ2n) is 6.77. The number of hydrogen-bond donors (Lipinski definition) is 2. The van der Waals surface area contributed by atoms with Gasteiger partial charge in [0.2, 0.25) is 5.91 Å². The Morgan fingerprint density at radius 1 is 0.903 bits per heavy atom. The minimum atomic E-state index is -0.498. The molecule has 2 amide bonds. The monoisotopic (exact) mass is 415 g/mol. The summed E-state index contributed by atoms with van der Waals surface area (Å²) in [7, 11) is 0. The van der Waals surface area contributed by atoms with Crippen LogP contribution in [-0.2, 0) is 9.59 Å². The highest BCUT2D eigenvalue weighted by atomic mass is 16.5. The minimum Gasteiger partial charge on any atom is -0.494 e. The molecule has 6 heteroatoms. The molecule has 31 heavy (non-hydrogen) atoms. The quantitative estimate of drug-likeness (QED) is 0.415. The predicted molar refractivity (Wildman–Crippen MR) is 121 cm³/mol. The van der Waals surface area contributed by atoms with E-state index in [1.54, 1.807) is 0 Å². The van der Waals surface area contributed by atoms with E-state index in [1.165, 1.54) is 6.21 Å². The summed E-state index contributed by atoms with van der Waals surface area (Å²) in [5.41, 5.74) is 4.97. The average Bonchev–Trinajstić information content (AvgIpc) is 2.81. The van der Waals surface area contributed by atoms with Gasteiger partial charge in [0.1, 0.15) is 5.75 Å². The number of rotatable bonds is 9. The summed E-state index contributed by atoms with van der Waals surface area (Å²) in [6.07, 6.45) is 1.53. The van der Waals surface area contributed by atoms with E-state index < -0.39 is 11.8 Å². The number of hydrogen-bond acceptors (Lipinski definition) is 4. The molecule has 2 N–H and O–H groups in total. The Morgan fingerprint density at radius 3 is 2.03 bits per heavy atom. The standard InChI is InChI=1S/C25H25N3O3/c1-2-31-22-15-13-19(14-16-22)17-27-28-23(29)18-26-25(30)24(20-9-5-3-6-10-20)21-11-7-4-8-12-21/h3-17,24H,2,18H2,1H3,(H,26,30)(H,28,29). The van der Waals surface area contributed by atoms with Crippen molar-refractivity contribution in [3.8, 4) is 5.75 Å². The van der Waals surface area contributed by atoms with E-state index in [9.17, 15) is 9.59 Å². The zero-order valence-electron chi connectivity index (χ0n) is 17.3. The van der Waals surface area contributed by atoms with Gasteiger partial charge in [-0.05, 0) is 47.9 Å². The van der Waals surface area contributed by atoms with E-state index in [2.05, 4.69) is 15.8 Å². The van der Waals surface area contributed by atoms with Gasteiger partial charge >= 0.3 is 0 Å². The van der Waals surface area contributed by atoms with Gasteiger partial charge < -0.3 is 10.1 Å². The number of nitrogens with one attached hydrogen (secondary N) is 2. The lowest BCUT2D eigenvalue weighted by molar-refractivity contribution is -0.126. The summed E-state index contributed by atoms with van der Waals surface area (Å²) in [5.74, 6) is -0.376. The third-order valence-electron chi connectivity index (χ3n) is 4.55. The van der Waals surface area contributed by atoms with Crippen LogP contribution >= 0.6 is 0 Å². The average molecular weight is 415 g/mol. The van der Waals surface area contributed by atoms with Gasteiger partial charge in [0.25, 0.3) is 5.91 Å². The molecule has 3 aromatic rings. The second kappa shape index (κ2) is 11.3.